The van der Waals surface area contributed by atoms with Crippen LogP contribution in [0.5, 0.6) is 0 Å². The van der Waals surface area contributed by atoms with Crippen LogP contribution in [0.15, 0.2) is 53.6 Å². The number of sulfonamides is 1. The second kappa shape index (κ2) is 9.60. The Bertz CT molecular complexity index is 1350. The fourth-order valence-electron chi connectivity index (χ4n) is 4.81. The topological polar surface area (TPSA) is 113 Å². The van der Waals surface area contributed by atoms with E-state index < -0.39 is 10.0 Å². The Morgan fingerprint density at radius 3 is 2.34 bits per heavy atom. The number of nitrogens with zero attached hydrogens (tertiary/aromatic N) is 5. The highest BCUT2D eigenvalue weighted by molar-refractivity contribution is 7.89. The highest BCUT2D eigenvalue weighted by Gasteiger charge is 2.34. The number of carbonyl (C=O) groups excluding carboxylic acids is 1. The molecule has 11 heteroatoms. The number of amides is 1. The first-order valence-electron chi connectivity index (χ1n) is 11.6. The number of nitrogens with two attached hydrogens (primary N) is 1. The molecular weight excluding hydrogens is 488 g/mol. The average Bonchev–Trinajstić information content (AvgIpc) is 2.88. The van der Waals surface area contributed by atoms with Gasteiger partial charge in [0.05, 0.1) is 4.90 Å². The summed E-state index contributed by atoms with van der Waals surface area (Å²) in [5.74, 6) is 1.05. The van der Waals surface area contributed by atoms with Crippen LogP contribution in [-0.2, 0) is 14.8 Å². The van der Waals surface area contributed by atoms with E-state index in [4.69, 9.17) is 17.3 Å². The van der Waals surface area contributed by atoms with Gasteiger partial charge in [-0.1, -0.05) is 23.7 Å². The van der Waals surface area contributed by atoms with E-state index in [2.05, 4.69) is 14.9 Å². The molecule has 0 bridgehead atoms. The van der Waals surface area contributed by atoms with Gasteiger partial charge in [-0.15, -0.1) is 0 Å². The van der Waals surface area contributed by atoms with E-state index in [9.17, 15) is 13.2 Å². The van der Waals surface area contributed by atoms with Crippen LogP contribution in [0.25, 0.3) is 10.8 Å². The lowest BCUT2D eigenvalue weighted by atomic mass is 9.95. The van der Waals surface area contributed by atoms with E-state index in [0.717, 1.165) is 29.4 Å². The largest absolute Gasteiger partial charge is 0.368 e. The number of carbonyl (C=O) groups is 1. The summed E-state index contributed by atoms with van der Waals surface area (Å²) in [6.07, 6.45) is 3.08. The van der Waals surface area contributed by atoms with Gasteiger partial charge in [0.25, 0.3) is 0 Å². The van der Waals surface area contributed by atoms with Crippen molar-refractivity contribution in [3.8, 4) is 0 Å². The molecule has 1 aromatic heterocycles. The zero-order valence-corrected chi connectivity index (χ0v) is 20.7. The van der Waals surface area contributed by atoms with Crippen LogP contribution in [0.4, 0.5) is 11.8 Å². The van der Waals surface area contributed by atoms with E-state index in [1.807, 2.05) is 18.2 Å². The van der Waals surface area contributed by atoms with Crippen LogP contribution in [0.3, 0.4) is 0 Å². The van der Waals surface area contributed by atoms with Gasteiger partial charge >= 0.3 is 0 Å². The molecular formula is C24H27ClN6O3S. The molecule has 0 spiro atoms. The van der Waals surface area contributed by atoms with Crippen molar-refractivity contribution in [1.29, 1.82) is 0 Å². The number of hydrogen-bond acceptors (Lipinski definition) is 7. The van der Waals surface area contributed by atoms with Crippen molar-refractivity contribution >= 4 is 50.1 Å². The molecule has 2 aromatic carbocycles. The van der Waals surface area contributed by atoms with Crippen LogP contribution in [-0.4, -0.2) is 72.8 Å². The summed E-state index contributed by atoms with van der Waals surface area (Å²) in [6, 6.07) is 12.3. The Kier molecular flexibility index (Phi) is 6.52. The minimum Gasteiger partial charge on any atom is -0.368 e. The maximum absolute atomic E-state index is 13.2. The monoisotopic (exact) mass is 514 g/mol. The molecule has 2 fully saturated rings. The predicted octanol–water partition coefficient (Wildman–Crippen LogP) is 2.61. The molecule has 0 unspecified atom stereocenters. The molecule has 1 amide bonds. The van der Waals surface area contributed by atoms with Crippen molar-refractivity contribution in [2.75, 3.05) is 49.9 Å². The van der Waals surface area contributed by atoms with Crippen molar-refractivity contribution < 1.29 is 13.2 Å². The van der Waals surface area contributed by atoms with Gasteiger partial charge < -0.3 is 15.5 Å². The molecule has 2 N–H and O–H groups in total. The molecule has 2 aliphatic heterocycles. The molecule has 184 valence electrons. The number of aromatic nitrogens is 2. The summed E-state index contributed by atoms with van der Waals surface area (Å²) >= 11 is 6.04. The number of halogens is 1. The molecule has 5 rings (SSSR count). The van der Waals surface area contributed by atoms with Crippen LogP contribution < -0.4 is 10.6 Å². The quantitative estimate of drug-likeness (QED) is 0.569. The maximum atomic E-state index is 13.2. The molecule has 3 heterocycles. The Labute approximate surface area is 209 Å². The fraction of sp³-hybridized carbons (Fsp3) is 0.375. The lowest BCUT2D eigenvalue weighted by Gasteiger charge is -2.38. The van der Waals surface area contributed by atoms with Gasteiger partial charge in [0.15, 0.2) is 0 Å². The third-order valence-corrected chi connectivity index (χ3v) is 8.92. The van der Waals surface area contributed by atoms with E-state index >= 15 is 0 Å². The highest BCUT2D eigenvalue weighted by Crippen LogP contribution is 2.27. The van der Waals surface area contributed by atoms with E-state index in [-0.39, 0.29) is 35.8 Å². The van der Waals surface area contributed by atoms with Gasteiger partial charge in [0.2, 0.25) is 21.9 Å². The van der Waals surface area contributed by atoms with Crippen LogP contribution >= 0.6 is 11.6 Å². The first-order chi connectivity index (χ1) is 16.8. The second-order valence-corrected chi connectivity index (χ2v) is 11.3. The molecule has 9 nitrogen and oxygen atoms in total. The Morgan fingerprint density at radius 1 is 0.943 bits per heavy atom. The van der Waals surface area contributed by atoms with Gasteiger partial charge in [-0.25, -0.2) is 13.4 Å². The molecule has 0 radical (unpaired) electrons. The maximum Gasteiger partial charge on any atom is 0.243 e. The van der Waals surface area contributed by atoms with Gasteiger partial charge in [0, 0.05) is 56.4 Å². The van der Waals surface area contributed by atoms with E-state index in [1.54, 1.807) is 35.4 Å². The van der Waals surface area contributed by atoms with Gasteiger partial charge in [-0.3, -0.25) is 4.79 Å². The molecule has 35 heavy (non-hydrogen) atoms. The number of hydrogen-bond donors (Lipinski definition) is 1. The summed E-state index contributed by atoms with van der Waals surface area (Å²) in [4.78, 5) is 25.5. The van der Waals surface area contributed by atoms with Crippen LogP contribution in [0, 0.1) is 5.92 Å². The van der Waals surface area contributed by atoms with E-state index in [0.29, 0.717) is 31.2 Å². The van der Waals surface area contributed by atoms with Gasteiger partial charge in [-0.05, 0) is 53.9 Å². The normalized spacial score (nSPS) is 18.2. The summed E-state index contributed by atoms with van der Waals surface area (Å²) in [6.45, 7) is 2.79. The van der Waals surface area contributed by atoms with E-state index in [1.165, 1.54) is 4.31 Å². The Morgan fingerprint density at radius 2 is 1.63 bits per heavy atom. The molecule has 3 aromatic rings. The number of fused-ring (bicyclic) bond motifs is 1. The fourth-order valence-corrected chi connectivity index (χ4v) is 6.45. The standard InChI is InChI=1S/C24H27ClN6O3S/c25-20-3-1-19-16-21(4-2-18(19)15-20)35(33,34)31-13-11-30(12-14-31)23(32)17-6-9-29(10-7-17)22-5-8-27-24(26)28-22/h1-5,8,15-17H,6-7,9-14H2,(H2,26,27,28). The van der Waals surface area contributed by atoms with Crippen LogP contribution in [0.1, 0.15) is 12.8 Å². The van der Waals surface area contributed by atoms with Crippen molar-refractivity contribution in [1.82, 2.24) is 19.2 Å². The summed E-state index contributed by atoms with van der Waals surface area (Å²) in [7, 11) is -3.65. The van der Waals surface area contributed by atoms with Crippen molar-refractivity contribution in [3.05, 3.63) is 53.7 Å². The third-order valence-electron chi connectivity index (χ3n) is 6.79. The SMILES string of the molecule is Nc1nccc(N2CCC(C(=O)N3CCN(S(=O)(=O)c4ccc5cc(Cl)ccc5c4)CC3)CC2)n1. The second-order valence-electron chi connectivity index (χ2n) is 8.92. The summed E-state index contributed by atoms with van der Waals surface area (Å²) in [5, 5.41) is 2.32. The summed E-state index contributed by atoms with van der Waals surface area (Å²) < 4.78 is 28.0. The zero-order chi connectivity index (χ0) is 24.6. The number of nitrogen functional groups attached to an aromatic ring is 1. The Hall–Kier alpha value is -2.95. The molecule has 0 aliphatic carbocycles. The number of piperazine rings is 1. The van der Waals surface area contributed by atoms with Crippen LogP contribution in [0.2, 0.25) is 5.02 Å². The third kappa shape index (κ3) is 4.91. The van der Waals surface area contributed by atoms with Gasteiger partial charge in [0.1, 0.15) is 5.82 Å². The first kappa shape index (κ1) is 23.8. The lowest BCUT2D eigenvalue weighted by Crippen LogP contribution is -2.52. The minimum absolute atomic E-state index is 0.0686. The number of benzene rings is 2. The number of rotatable bonds is 4. The highest BCUT2D eigenvalue weighted by atomic mass is 35.5. The van der Waals surface area contributed by atoms with Crippen molar-refractivity contribution in [2.45, 2.75) is 17.7 Å². The smallest absolute Gasteiger partial charge is 0.243 e. The number of piperidine rings is 1. The van der Waals surface area contributed by atoms with Gasteiger partial charge in [-0.2, -0.15) is 9.29 Å². The Balaban J connectivity index is 1.18. The first-order valence-corrected chi connectivity index (χ1v) is 13.4. The minimum atomic E-state index is -3.65. The molecule has 0 saturated carbocycles. The molecule has 2 aliphatic rings. The van der Waals surface area contributed by atoms with Crippen molar-refractivity contribution in [2.24, 2.45) is 5.92 Å². The number of anilines is 2. The molecule has 2 saturated heterocycles. The average molecular weight is 515 g/mol. The summed E-state index contributed by atoms with van der Waals surface area (Å²) in [5.41, 5.74) is 5.69. The lowest BCUT2D eigenvalue weighted by molar-refractivity contribution is -0.137. The molecule has 0 atom stereocenters. The van der Waals surface area contributed by atoms with Crippen molar-refractivity contribution in [3.63, 3.8) is 0 Å². The zero-order valence-electron chi connectivity index (χ0n) is 19.2. The predicted molar refractivity (Wildman–Crippen MR) is 136 cm³/mol.